The molecule has 1 heterocycles. The van der Waals surface area contributed by atoms with Crippen LogP contribution in [-0.4, -0.2) is 19.3 Å². The second-order valence-electron chi connectivity index (χ2n) is 3.87. The van der Waals surface area contributed by atoms with Crippen LogP contribution in [0.4, 0.5) is 5.69 Å². The summed E-state index contributed by atoms with van der Waals surface area (Å²) in [5.41, 5.74) is 6.35. The lowest BCUT2D eigenvalue weighted by Gasteiger charge is -2.22. The van der Waals surface area contributed by atoms with E-state index < -0.39 is 0 Å². The molecule has 1 aliphatic rings. The third-order valence-corrected chi connectivity index (χ3v) is 2.59. The average Bonchev–Trinajstić information content (AvgIpc) is 2.30. The predicted octanol–water partition coefficient (Wildman–Crippen LogP) is 2.22. The second kappa shape index (κ2) is 5.03. The molecule has 1 saturated heterocycles. The van der Waals surface area contributed by atoms with Crippen LogP contribution < -0.4 is 10.5 Å². The van der Waals surface area contributed by atoms with E-state index in [2.05, 4.69) is 0 Å². The molecule has 0 aromatic heterocycles. The Labute approximate surface area is 90.2 Å². The first-order valence-electron chi connectivity index (χ1n) is 5.44. The lowest BCUT2D eigenvalue weighted by molar-refractivity contribution is -0.0110. The molecule has 3 nitrogen and oxygen atoms in total. The predicted molar refractivity (Wildman–Crippen MR) is 59.9 cm³/mol. The van der Waals surface area contributed by atoms with E-state index in [4.69, 9.17) is 15.2 Å². The van der Waals surface area contributed by atoms with E-state index in [9.17, 15) is 0 Å². The number of anilines is 1. The fraction of sp³-hybridized carbons (Fsp3) is 0.500. The van der Waals surface area contributed by atoms with Gasteiger partial charge in [-0.1, -0.05) is 0 Å². The molecule has 15 heavy (non-hydrogen) atoms. The topological polar surface area (TPSA) is 44.5 Å². The van der Waals surface area contributed by atoms with Gasteiger partial charge < -0.3 is 15.2 Å². The SMILES string of the molecule is Nc1ccc(OC[C@@H]2CCCCO2)cc1. The third-order valence-electron chi connectivity index (χ3n) is 2.59. The Morgan fingerprint density at radius 3 is 2.73 bits per heavy atom. The van der Waals surface area contributed by atoms with Crippen LogP contribution >= 0.6 is 0 Å². The maximum atomic E-state index is 5.62. The van der Waals surface area contributed by atoms with Crippen molar-refractivity contribution in [2.24, 2.45) is 0 Å². The lowest BCUT2D eigenvalue weighted by atomic mass is 10.1. The van der Waals surface area contributed by atoms with Crippen LogP contribution in [-0.2, 0) is 4.74 Å². The molecule has 1 aromatic carbocycles. The maximum Gasteiger partial charge on any atom is 0.119 e. The Morgan fingerprint density at radius 1 is 1.27 bits per heavy atom. The summed E-state index contributed by atoms with van der Waals surface area (Å²) in [7, 11) is 0. The molecule has 2 N–H and O–H groups in total. The van der Waals surface area contributed by atoms with Crippen LogP contribution in [0.3, 0.4) is 0 Å². The van der Waals surface area contributed by atoms with Crippen molar-refractivity contribution in [3.8, 4) is 5.75 Å². The van der Waals surface area contributed by atoms with E-state index >= 15 is 0 Å². The Kier molecular flexibility index (Phi) is 3.45. The van der Waals surface area contributed by atoms with E-state index in [1.165, 1.54) is 12.8 Å². The first-order chi connectivity index (χ1) is 7.34. The molecule has 1 aromatic rings. The minimum absolute atomic E-state index is 0.260. The van der Waals surface area contributed by atoms with Crippen LogP contribution in [0.15, 0.2) is 24.3 Å². The minimum atomic E-state index is 0.260. The van der Waals surface area contributed by atoms with Crippen molar-refractivity contribution in [1.82, 2.24) is 0 Å². The monoisotopic (exact) mass is 207 g/mol. The van der Waals surface area contributed by atoms with Crippen molar-refractivity contribution in [3.05, 3.63) is 24.3 Å². The van der Waals surface area contributed by atoms with Crippen molar-refractivity contribution in [2.75, 3.05) is 18.9 Å². The number of nitrogen functional groups attached to an aromatic ring is 1. The molecule has 2 rings (SSSR count). The van der Waals surface area contributed by atoms with Crippen molar-refractivity contribution in [3.63, 3.8) is 0 Å². The van der Waals surface area contributed by atoms with E-state index in [1.54, 1.807) is 0 Å². The van der Waals surface area contributed by atoms with Crippen LogP contribution in [0.25, 0.3) is 0 Å². The van der Waals surface area contributed by atoms with Gasteiger partial charge in [-0.2, -0.15) is 0 Å². The first kappa shape index (κ1) is 10.3. The molecule has 0 bridgehead atoms. The molecule has 0 radical (unpaired) electrons. The zero-order valence-corrected chi connectivity index (χ0v) is 8.82. The summed E-state index contributed by atoms with van der Waals surface area (Å²) >= 11 is 0. The number of hydrogen-bond donors (Lipinski definition) is 1. The van der Waals surface area contributed by atoms with Crippen molar-refractivity contribution in [2.45, 2.75) is 25.4 Å². The van der Waals surface area contributed by atoms with Gasteiger partial charge in [0.25, 0.3) is 0 Å². The van der Waals surface area contributed by atoms with Gasteiger partial charge >= 0.3 is 0 Å². The molecule has 0 saturated carbocycles. The summed E-state index contributed by atoms with van der Waals surface area (Å²) in [6.07, 6.45) is 3.79. The van der Waals surface area contributed by atoms with Gasteiger partial charge in [0, 0.05) is 12.3 Å². The smallest absolute Gasteiger partial charge is 0.119 e. The van der Waals surface area contributed by atoms with Gasteiger partial charge in [0.1, 0.15) is 12.4 Å². The van der Waals surface area contributed by atoms with Crippen LogP contribution in [0.5, 0.6) is 5.75 Å². The summed E-state index contributed by atoms with van der Waals surface area (Å²) in [5, 5.41) is 0. The van der Waals surface area contributed by atoms with Gasteiger partial charge in [-0.25, -0.2) is 0 Å². The lowest BCUT2D eigenvalue weighted by Crippen LogP contribution is -2.25. The molecule has 0 amide bonds. The van der Waals surface area contributed by atoms with Gasteiger partial charge in [0.2, 0.25) is 0 Å². The van der Waals surface area contributed by atoms with Crippen molar-refractivity contribution < 1.29 is 9.47 Å². The molecule has 82 valence electrons. The summed E-state index contributed by atoms with van der Waals surface area (Å²) < 4.78 is 11.2. The number of ether oxygens (including phenoxy) is 2. The summed E-state index contributed by atoms with van der Waals surface area (Å²) in [4.78, 5) is 0. The van der Waals surface area contributed by atoms with E-state index in [0.717, 1.165) is 24.5 Å². The molecular weight excluding hydrogens is 190 g/mol. The van der Waals surface area contributed by atoms with E-state index in [1.807, 2.05) is 24.3 Å². The highest BCUT2D eigenvalue weighted by Gasteiger charge is 2.14. The molecule has 1 aliphatic heterocycles. The van der Waals surface area contributed by atoms with Gasteiger partial charge in [0.05, 0.1) is 6.10 Å². The fourth-order valence-electron chi connectivity index (χ4n) is 1.69. The van der Waals surface area contributed by atoms with Crippen LogP contribution in [0.2, 0.25) is 0 Å². The van der Waals surface area contributed by atoms with E-state index in [-0.39, 0.29) is 6.10 Å². The number of nitrogens with two attached hydrogens (primary N) is 1. The Balaban J connectivity index is 1.79. The van der Waals surface area contributed by atoms with Crippen LogP contribution in [0.1, 0.15) is 19.3 Å². The highest BCUT2D eigenvalue weighted by molar-refractivity contribution is 5.41. The van der Waals surface area contributed by atoms with Gasteiger partial charge in [-0.15, -0.1) is 0 Å². The third kappa shape index (κ3) is 3.13. The Morgan fingerprint density at radius 2 is 2.07 bits per heavy atom. The highest BCUT2D eigenvalue weighted by Crippen LogP contribution is 2.17. The number of rotatable bonds is 3. The van der Waals surface area contributed by atoms with Crippen molar-refractivity contribution in [1.29, 1.82) is 0 Å². The Bertz CT molecular complexity index is 291. The zero-order chi connectivity index (χ0) is 10.5. The number of hydrogen-bond acceptors (Lipinski definition) is 3. The van der Waals surface area contributed by atoms with Crippen LogP contribution in [0, 0.1) is 0 Å². The quantitative estimate of drug-likeness (QED) is 0.773. The normalized spacial score (nSPS) is 21.2. The standard InChI is InChI=1S/C12H17NO2/c13-10-4-6-11(7-5-10)15-9-12-3-1-2-8-14-12/h4-7,12H,1-3,8-9,13H2/t12-/m0/s1. The first-order valence-corrected chi connectivity index (χ1v) is 5.44. The fourth-order valence-corrected chi connectivity index (χ4v) is 1.69. The van der Waals surface area contributed by atoms with Crippen molar-refractivity contribution >= 4 is 5.69 Å². The van der Waals surface area contributed by atoms with Gasteiger partial charge in [-0.05, 0) is 43.5 Å². The molecular formula is C12H17NO2. The average molecular weight is 207 g/mol. The largest absolute Gasteiger partial charge is 0.491 e. The molecule has 1 atom stereocenters. The second-order valence-corrected chi connectivity index (χ2v) is 3.87. The Hall–Kier alpha value is -1.22. The molecule has 3 heteroatoms. The van der Waals surface area contributed by atoms with Gasteiger partial charge in [0.15, 0.2) is 0 Å². The summed E-state index contributed by atoms with van der Waals surface area (Å²) in [6, 6.07) is 7.46. The molecule has 0 aliphatic carbocycles. The minimum Gasteiger partial charge on any atom is -0.491 e. The molecule has 0 unspecified atom stereocenters. The van der Waals surface area contributed by atoms with E-state index in [0.29, 0.717) is 6.61 Å². The maximum absolute atomic E-state index is 5.62. The molecule has 1 fully saturated rings. The zero-order valence-electron chi connectivity index (χ0n) is 8.82. The molecule has 0 spiro atoms. The summed E-state index contributed by atoms with van der Waals surface area (Å²) in [6.45, 7) is 1.51. The number of benzene rings is 1. The van der Waals surface area contributed by atoms with Gasteiger partial charge in [-0.3, -0.25) is 0 Å². The highest BCUT2D eigenvalue weighted by atomic mass is 16.5. The summed E-state index contributed by atoms with van der Waals surface area (Å²) in [5.74, 6) is 0.860.